The van der Waals surface area contributed by atoms with Gasteiger partial charge in [-0.3, -0.25) is 4.79 Å². The minimum atomic E-state index is -0.268. The van der Waals surface area contributed by atoms with Gasteiger partial charge in [-0.2, -0.15) is 0 Å². The van der Waals surface area contributed by atoms with Gasteiger partial charge in [0.25, 0.3) is 0 Å². The SMILES string of the molecule is C[C@]12C[C@H](OCCO)[C@@H]3c4ccc(O)cc4CC[C@H]3[C@@H]1CCC2=O. The average Bonchev–Trinajstić information content (AvgIpc) is 2.87. The Morgan fingerprint density at radius 1 is 1.29 bits per heavy atom. The first-order valence-electron chi connectivity index (χ1n) is 9.12. The number of aromatic hydroxyl groups is 1. The largest absolute Gasteiger partial charge is 0.508 e. The fourth-order valence-electron chi connectivity index (χ4n) is 5.75. The molecule has 1 aromatic carbocycles. The molecule has 0 bridgehead atoms. The molecule has 0 saturated heterocycles. The fourth-order valence-corrected chi connectivity index (χ4v) is 5.75. The molecule has 0 radical (unpaired) electrons. The zero-order chi connectivity index (χ0) is 16.9. The quantitative estimate of drug-likeness (QED) is 0.894. The molecule has 4 nitrogen and oxygen atoms in total. The summed E-state index contributed by atoms with van der Waals surface area (Å²) in [5, 5.41) is 19.0. The number of Topliss-reactive ketones (excluding diaryl/α,β-unsaturated/α-hetero) is 1. The lowest BCUT2D eigenvalue weighted by atomic mass is 9.54. The van der Waals surface area contributed by atoms with Gasteiger partial charge in [-0.05, 0) is 60.8 Å². The highest BCUT2D eigenvalue weighted by Gasteiger charge is 2.58. The zero-order valence-corrected chi connectivity index (χ0v) is 14.2. The van der Waals surface area contributed by atoms with Crippen LogP contribution in [-0.4, -0.2) is 35.3 Å². The average molecular weight is 330 g/mol. The molecule has 4 rings (SSSR count). The van der Waals surface area contributed by atoms with E-state index >= 15 is 0 Å². The Labute approximate surface area is 142 Å². The smallest absolute Gasteiger partial charge is 0.139 e. The van der Waals surface area contributed by atoms with Crippen LogP contribution in [0, 0.1) is 17.3 Å². The van der Waals surface area contributed by atoms with Gasteiger partial charge in [-0.15, -0.1) is 0 Å². The lowest BCUT2D eigenvalue weighted by Crippen LogP contribution is -2.50. The molecule has 2 fully saturated rings. The van der Waals surface area contributed by atoms with E-state index in [0.717, 1.165) is 25.7 Å². The van der Waals surface area contributed by atoms with E-state index in [1.54, 1.807) is 6.07 Å². The van der Waals surface area contributed by atoms with Crippen LogP contribution in [0.5, 0.6) is 5.75 Å². The summed E-state index contributed by atoms with van der Waals surface area (Å²) in [5.74, 6) is 1.86. The zero-order valence-electron chi connectivity index (χ0n) is 14.2. The lowest BCUT2D eigenvalue weighted by molar-refractivity contribution is -0.137. The van der Waals surface area contributed by atoms with Crippen molar-refractivity contribution in [2.75, 3.05) is 13.2 Å². The summed E-state index contributed by atoms with van der Waals surface area (Å²) in [5.41, 5.74) is 2.21. The second kappa shape index (κ2) is 5.85. The third-order valence-corrected chi connectivity index (χ3v) is 6.80. The molecule has 0 heterocycles. The number of carbonyl (C=O) groups excluding carboxylic acids is 1. The maximum atomic E-state index is 12.6. The summed E-state index contributed by atoms with van der Waals surface area (Å²) >= 11 is 0. The Hall–Kier alpha value is -1.39. The van der Waals surface area contributed by atoms with Gasteiger partial charge in [-0.1, -0.05) is 13.0 Å². The molecule has 0 aromatic heterocycles. The molecule has 0 unspecified atom stereocenters. The van der Waals surface area contributed by atoms with Crippen LogP contribution in [0.15, 0.2) is 18.2 Å². The van der Waals surface area contributed by atoms with E-state index in [-0.39, 0.29) is 24.0 Å². The second-order valence-corrected chi connectivity index (χ2v) is 7.93. The van der Waals surface area contributed by atoms with Crippen LogP contribution in [0.4, 0.5) is 0 Å². The van der Waals surface area contributed by atoms with Gasteiger partial charge in [0.2, 0.25) is 0 Å². The van der Waals surface area contributed by atoms with Gasteiger partial charge >= 0.3 is 0 Å². The Kier molecular flexibility index (Phi) is 3.92. The second-order valence-electron chi connectivity index (χ2n) is 7.93. The molecule has 24 heavy (non-hydrogen) atoms. The van der Waals surface area contributed by atoms with E-state index in [1.807, 2.05) is 12.1 Å². The number of ether oxygens (including phenoxy) is 1. The van der Waals surface area contributed by atoms with Crippen molar-refractivity contribution in [3.63, 3.8) is 0 Å². The number of hydrogen-bond donors (Lipinski definition) is 2. The molecule has 0 amide bonds. The number of phenols is 1. The first-order valence-corrected chi connectivity index (χ1v) is 9.12. The van der Waals surface area contributed by atoms with Crippen LogP contribution in [-0.2, 0) is 16.0 Å². The number of rotatable bonds is 3. The molecule has 0 aliphatic heterocycles. The van der Waals surface area contributed by atoms with Gasteiger partial charge < -0.3 is 14.9 Å². The Balaban J connectivity index is 1.75. The highest BCUT2D eigenvalue weighted by Crippen LogP contribution is 2.60. The topological polar surface area (TPSA) is 66.8 Å². The summed E-state index contributed by atoms with van der Waals surface area (Å²) in [6.07, 6.45) is 4.41. The summed E-state index contributed by atoms with van der Waals surface area (Å²) in [6, 6.07) is 5.68. The minimum Gasteiger partial charge on any atom is -0.508 e. The summed E-state index contributed by atoms with van der Waals surface area (Å²) in [4.78, 5) is 12.6. The number of ketones is 1. The number of aryl methyl sites for hydroxylation is 1. The highest BCUT2D eigenvalue weighted by molar-refractivity contribution is 5.87. The van der Waals surface area contributed by atoms with Crippen LogP contribution < -0.4 is 0 Å². The molecule has 1 aromatic rings. The first-order chi connectivity index (χ1) is 11.5. The molecule has 5 atom stereocenters. The van der Waals surface area contributed by atoms with Crippen molar-refractivity contribution in [1.29, 1.82) is 0 Å². The number of fused-ring (bicyclic) bond motifs is 5. The molecular weight excluding hydrogens is 304 g/mol. The third kappa shape index (κ3) is 2.31. The predicted octanol–water partition coefficient (Wildman–Crippen LogP) is 2.80. The van der Waals surface area contributed by atoms with Crippen molar-refractivity contribution >= 4 is 5.78 Å². The molecule has 0 spiro atoms. The van der Waals surface area contributed by atoms with Crippen molar-refractivity contribution in [3.05, 3.63) is 29.3 Å². The van der Waals surface area contributed by atoms with E-state index < -0.39 is 0 Å². The number of aliphatic hydroxyl groups is 1. The fraction of sp³-hybridized carbons (Fsp3) is 0.650. The molecule has 4 heteroatoms. The Morgan fingerprint density at radius 2 is 2.12 bits per heavy atom. The molecule has 3 aliphatic rings. The van der Waals surface area contributed by atoms with Crippen molar-refractivity contribution in [3.8, 4) is 5.75 Å². The normalized spacial score (nSPS) is 37.7. The molecule has 2 saturated carbocycles. The minimum absolute atomic E-state index is 0.00438. The van der Waals surface area contributed by atoms with E-state index in [9.17, 15) is 15.0 Å². The van der Waals surface area contributed by atoms with Crippen LogP contribution in [0.1, 0.15) is 49.7 Å². The summed E-state index contributed by atoms with van der Waals surface area (Å²) < 4.78 is 6.05. The van der Waals surface area contributed by atoms with Crippen molar-refractivity contribution in [1.82, 2.24) is 0 Å². The summed E-state index contributed by atoms with van der Waals surface area (Å²) in [6.45, 7) is 2.45. The molecule has 130 valence electrons. The number of phenolic OH excluding ortho intramolecular Hbond substituents is 1. The van der Waals surface area contributed by atoms with E-state index in [4.69, 9.17) is 4.74 Å². The van der Waals surface area contributed by atoms with Crippen molar-refractivity contribution in [2.24, 2.45) is 17.3 Å². The van der Waals surface area contributed by atoms with E-state index in [1.165, 1.54) is 11.1 Å². The third-order valence-electron chi connectivity index (χ3n) is 6.80. The first kappa shape index (κ1) is 16.1. The van der Waals surface area contributed by atoms with Crippen LogP contribution >= 0.6 is 0 Å². The number of hydrogen-bond acceptors (Lipinski definition) is 4. The number of carbonyl (C=O) groups is 1. The monoisotopic (exact) mass is 330 g/mol. The highest BCUT2D eigenvalue weighted by atomic mass is 16.5. The molecule has 2 N–H and O–H groups in total. The van der Waals surface area contributed by atoms with Crippen LogP contribution in [0.2, 0.25) is 0 Å². The van der Waals surface area contributed by atoms with Gasteiger partial charge in [0.05, 0.1) is 19.3 Å². The van der Waals surface area contributed by atoms with Gasteiger partial charge in [0.1, 0.15) is 11.5 Å². The summed E-state index contributed by atoms with van der Waals surface area (Å²) in [7, 11) is 0. The number of aliphatic hydroxyl groups excluding tert-OH is 1. The lowest BCUT2D eigenvalue weighted by Gasteiger charge is -2.51. The molecule has 3 aliphatic carbocycles. The predicted molar refractivity (Wildman–Crippen MR) is 89.9 cm³/mol. The number of benzene rings is 1. The van der Waals surface area contributed by atoms with Crippen molar-refractivity contribution < 1.29 is 19.7 Å². The van der Waals surface area contributed by atoms with Gasteiger partial charge in [-0.25, -0.2) is 0 Å². The van der Waals surface area contributed by atoms with Crippen LogP contribution in [0.3, 0.4) is 0 Å². The van der Waals surface area contributed by atoms with Crippen LogP contribution in [0.25, 0.3) is 0 Å². The van der Waals surface area contributed by atoms with Gasteiger partial charge in [0.15, 0.2) is 0 Å². The van der Waals surface area contributed by atoms with Gasteiger partial charge in [0, 0.05) is 17.8 Å². The van der Waals surface area contributed by atoms with E-state index in [2.05, 4.69) is 6.92 Å². The van der Waals surface area contributed by atoms with Crippen molar-refractivity contribution in [2.45, 2.75) is 51.0 Å². The molecular formula is C20H26O4. The standard InChI is InChI=1S/C20H26O4/c1-20-11-17(24-9-8-21)19-14-5-3-13(22)10-12(14)2-4-15(19)16(20)6-7-18(20)23/h3,5,10,15-17,19,21-22H,2,4,6-9,11H2,1H3/t15-,16-,17-,19+,20-/m0/s1. The maximum absolute atomic E-state index is 12.6. The Morgan fingerprint density at radius 3 is 2.92 bits per heavy atom. The Bertz CT molecular complexity index is 655. The maximum Gasteiger partial charge on any atom is 0.139 e. The van der Waals surface area contributed by atoms with E-state index in [0.29, 0.717) is 36.4 Å².